The van der Waals surface area contributed by atoms with Crippen molar-refractivity contribution in [2.75, 3.05) is 6.54 Å². The Labute approximate surface area is 142 Å². The number of aryl methyl sites for hydroxylation is 1. The van der Waals surface area contributed by atoms with Crippen LogP contribution in [0.15, 0.2) is 43.0 Å². The summed E-state index contributed by atoms with van der Waals surface area (Å²) < 4.78 is 15.6. The Balaban J connectivity index is 1.53. The zero-order valence-electron chi connectivity index (χ0n) is 13.9. The Morgan fingerprint density at radius 3 is 2.88 bits per heavy atom. The van der Waals surface area contributed by atoms with Crippen molar-refractivity contribution >= 4 is 5.91 Å². The van der Waals surface area contributed by atoms with Gasteiger partial charge in [0, 0.05) is 37.3 Å². The second-order valence-corrected chi connectivity index (χ2v) is 6.68. The van der Waals surface area contributed by atoms with Gasteiger partial charge in [0.05, 0.1) is 6.33 Å². The average Bonchev–Trinajstić information content (AvgIpc) is 3.25. The number of halogens is 1. The molecule has 1 aromatic carbocycles. The minimum absolute atomic E-state index is 0.0674. The van der Waals surface area contributed by atoms with Crippen LogP contribution >= 0.6 is 0 Å². The highest BCUT2D eigenvalue weighted by molar-refractivity contribution is 5.76. The van der Waals surface area contributed by atoms with Crippen LogP contribution in [0.4, 0.5) is 4.39 Å². The number of benzene rings is 1. The van der Waals surface area contributed by atoms with Gasteiger partial charge in [-0.1, -0.05) is 25.0 Å². The number of carbonyl (C=O) groups is 1. The van der Waals surface area contributed by atoms with Gasteiger partial charge in [-0.25, -0.2) is 9.37 Å². The van der Waals surface area contributed by atoms with Crippen LogP contribution in [0, 0.1) is 5.82 Å². The van der Waals surface area contributed by atoms with E-state index < -0.39 is 0 Å². The molecule has 0 atom stereocenters. The van der Waals surface area contributed by atoms with Crippen LogP contribution in [0.25, 0.3) is 0 Å². The van der Waals surface area contributed by atoms with E-state index >= 15 is 0 Å². The molecule has 1 amide bonds. The number of aromatic nitrogens is 2. The third-order valence-electron chi connectivity index (χ3n) is 5.00. The molecule has 24 heavy (non-hydrogen) atoms. The molecule has 1 N–H and O–H groups in total. The van der Waals surface area contributed by atoms with E-state index in [1.54, 1.807) is 24.7 Å². The molecule has 1 fully saturated rings. The summed E-state index contributed by atoms with van der Waals surface area (Å²) in [5, 5.41) is 3.08. The summed E-state index contributed by atoms with van der Waals surface area (Å²) in [7, 11) is 0. The highest BCUT2D eigenvalue weighted by atomic mass is 19.1. The van der Waals surface area contributed by atoms with Gasteiger partial charge >= 0.3 is 0 Å². The molecule has 0 bridgehead atoms. The molecular formula is C19H24FN3O. The third-order valence-corrected chi connectivity index (χ3v) is 5.00. The van der Waals surface area contributed by atoms with E-state index in [4.69, 9.17) is 0 Å². The molecule has 0 spiro atoms. The van der Waals surface area contributed by atoms with Crippen LogP contribution in [0.1, 0.15) is 44.1 Å². The first-order valence-corrected chi connectivity index (χ1v) is 8.66. The lowest BCUT2D eigenvalue weighted by molar-refractivity contribution is -0.121. The Bertz CT molecular complexity index is 663. The van der Waals surface area contributed by atoms with Gasteiger partial charge < -0.3 is 9.88 Å². The first-order valence-electron chi connectivity index (χ1n) is 8.66. The standard InChI is InChI=1S/C19H24FN3O/c20-17-6-3-5-16(13-17)19(8-1-2-9-19)14-22-18(24)7-4-11-23-12-10-21-15-23/h3,5-6,10,12-13,15H,1-2,4,7-9,11,14H2,(H,22,24). The monoisotopic (exact) mass is 329 g/mol. The van der Waals surface area contributed by atoms with Crippen molar-refractivity contribution in [1.82, 2.24) is 14.9 Å². The van der Waals surface area contributed by atoms with E-state index in [9.17, 15) is 9.18 Å². The fraction of sp³-hybridized carbons (Fsp3) is 0.474. The zero-order chi connectivity index (χ0) is 16.8. The molecular weight excluding hydrogens is 305 g/mol. The van der Waals surface area contributed by atoms with E-state index in [1.807, 2.05) is 16.8 Å². The molecule has 0 unspecified atom stereocenters. The molecule has 4 nitrogen and oxygen atoms in total. The predicted octanol–water partition coefficient (Wildman–Crippen LogP) is 3.43. The number of hydrogen-bond acceptors (Lipinski definition) is 2. The van der Waals surface area contributed by atoms with Crippen LogP contribution < -0.4 is 5.32 Å². The van der Waals surface area contributed by atoms with E-state index in [0.29, 0.717) is 13.0 Å². The Hall–Kier alpha value is -2.17. The Morgan fingerprint density at radius 1 is 1.33 bits per heavy atom. The molecule has 1 aliphatic carbocycles. The van der Waals surface area contributed by atoms with Gasteiger partial charge in [0.25, 0.3) is 0 Å². The van der Waals surface area contributed by atoms with Crippen LogP contribution in [-0.2, 0) is 16.8 Å². The molecule has 1 heterocycles. The first kappa shape index (κ1) is 16.7. The lowest BCUT2D eigenvalue weighted by atomic mass is 9.78. The SMILES string of the molecule is O=C(CCCn1ccnc1)NCC1(c2cccc(F)c2)CCCC1. The smallest absolute Gasteiger partial charge is 0.220 e. The molecule has 1 aliphatic rings. The lowest BCUT2D eigenvalue weighted by Gasteiger charge is -2.30. The normalized spacial score (nSPS) is 16.2. The van der Waals surface area contributed by atoms with Gasteiger partial charge in [-0.2, -0.15) is 0 Å². The van der Waals surface area contributed by atoms with Gasteiger partial charge in [-0.3, -0.25) is 4.79 Å². The second-order valence-electron chi connectivity index (χ2n) is 6.68. The maximum atomic E-state index is 13.6. The highest BCUT2D eigenvalue weighted by Gasteiger charge is 2.36. The van der Waals surface area contributed by atoms with E-state index in [1.165, 1.54) is 6.07 Å². The molecule has 128 valence electrons. The van der Waals surface area contributed by atoms with Gasteiger partial charge in [0.2, 0.25) is 5.91 Å². The molecule has 1 saturated carbocycles. The number of amides is 1. The number of rotatable bonds is 7. The quantitative estimate of drug-likeness (QED) is 0.846. The molecule has 0 radical (unpaired) electrons. The average molecular weight is 329 g/mol. The maximum Gasteiger partial charge on any atom is 0.220 e. The van der Waals surface area contributed by atoms with Crippen molar-refractivity contribution in [3.8, 4) is 0 Å². The molecule has 0 aliphatic heterocycles. The van der Waals surface area contributed by atoms with Crippen molar-refractivity contribution in [2.24, 2.45) is 0 Å². The number of nitrogens with one attached hydrogen (secondary N) is 1. The summed E-state index contributed by atoms with van der Waals surface area (Å²) in [6, 6.07) is 6.84. The zero-order valence-corrected chi connectivity index (χ0v) is 13.9. The fourth-order valence-electron chi connectivity index (χ4n) is 3.64. The van der Waals surface area contributed by atoms with Crippen molar-refractivity contribution < 1.29 is 9.18 Å². The number of nitrogens with zero attached hydrogens (tertiary/aromatic N) is 2. The maximum absolute atomic E-state index is 13.6. The predicted molar refractivity (Wildman–Crippen MR) is 91.0 cm³/mol. The molecule has 0 saturated heterocycles. The van der Waals surface area contributed by atoms with Crippen LogP contribution in [0.2, 0.25) is 0 Å². The van der Waals surface area contributed by atoms with Gasteiger partial charge in [-0.05, 0) is 37.0 Å². The number of carbonyl (C=O) groups excluding carboxylic acids is 1. The van der Waals surface area contributed by atoms with Crippen LogP contribution in [0.3, 0.4) is 0 Å². The third kappa shape index (κ3) is 4.02. The highest BCUT2D eigenvalue weighted by Crippen LogP contribution is 2.40. The number of hydrogen-bond donors (Lipinski definition) is 1. The molecule has 1 aromatic heterocycles. The van der Waals surface area contributed by atoms with E-state index in [2.05, 4.69) is 10.3 Å². The summed E-state index contributed by atoms with van der Waals surface area (Å²) in [6.07, 6.45) is 11.0. The minimum Gasteiger partial charge on any atom is -0.355 e. The fourth-order valence-corrected chi connectivity index (χ4v) is 3.64. The van der Waals surface area contributed by atoms with E-state index in [0.717, 1.165) is 44.2 Å². The summed E-state index contributed by atoms with van der Waals surface area (Å²) >= 11 is 0. The van der Waals surface area contributed by atoms with Crippen LogP contribution in [0.5, 0.6) is 0 Å². The van der Waals surface area contributed by atoms with E-state index in [-0.39, 0.29) is 17.1 Å². The van der Waals surface area contributed by atoms with Crippen molar-refractivity contribution in [3.63, 3.8) is 0 Å². The van der Waals surface area contributed by atoms with Crippen molar-refractivity contribution in [3.05, 3.63) is 54.4 Å². The minimum atomic E-state index is -0.203. The van der Waals surface area contributed by atoms with Gasteiger partial charge in [0.15, 0.2) is 0 Å². The van der Waals surface area contributed by atoms with Crippen molar-refractivity contribution in [2.45, 2.75) is 50.5 Å². The molecule has 2 aromatic rings. The number of imidazole rings is 1. The summed E-state index contributed by atoms with van der Waals surface area (Å²) in [5.74, 6) is -0.136. The molecule has 5 heteroatoms. The molecule has 3 rings (SSSR count). The Morgan fingerprint density at radius 2 is 2.17 bits per heavy atom. The summed E-state index contributed by atoms with van der Waals surface area (Å²) in [4.78, 5) is 16.1. The summed E-state index contributed by atoms with van der Waals surface area (Å²) in [6.45, 7) is 1.39. The van der Waals surface area contributed by atoms with Gasteiger partial charge in [-0.15, -0.1) is 0 Å². The topological polar surface area (TPSA) is 46.9 Å². The van der Waals surface area contributed by atoms with Crippen molar-refractivity contribution in [1.29, 1.82) is 0 Å². The Kier molecular flexibility index (Phi) is 5.28. The second kappa shape index (κ2) is 7.60. The van der Waals surface area contributed by atoms with Crippen LogP contribution in [-0.4, -0.2) is 22.0 Å². The van der Waals surface area contributed by atoms with Gasteiger partial charge in [0.1, 0.15) is 5.82 Å². The summed E-state index contributed by atoms with van der Waals surface area (Å²) in [5.41, 5.74) is 0.904. The lowest BCUT2D eigenvalue weighted by Crippen LogP contribution is -2.39. The first-order chi connectivity index (χ1) is 11.7. The largest absolute Gasteiger partial charge is 0.355 e.